The van der Waals surface area contributed by atoms with E-state index < -0.39 is 0 Å². The van der Waals surface area contributed by atoms with Gasteiger partial charge >= 0.3 is 0 Å². The summed E-state index contributed by atoms with van der Waals surface area (Å²) in [6.45, 7) is 3.24. The predicted molar refractivity (Wildman–Crippen MR) is 76.5 cm³/mol. The molecule has 1 atom stereocenters. The predicted octanol–water partition coefficient (Wildman–Crippen LogP) is 2.69. The van der Waals surface area contributed by atoms with Crippen LogP contribution in [0.25, 0.3) is 0 Å². The van der Waals surface area contributed by atoms with Crippen LogP contribution in [0.5, 0.6) is 0 Å². The van der Waals surface area contributed by atoms with Crippen LogP contribution in [0.2, 0.25) is 0 Å². The van der Waals surface area contributed by atoms with Gasteiger partial charge in [-0.05, 0) is 25.3 Å². The Morgan fingerprint density at radius 2 is 2.00 bits per heavy atom. The molecule has 0 aliphatic carbocycles. The fraction of sp³-hybridized carbons (Fsp3) is 0.533. The van der Waals surface area contributed by atoms with Gasteiger partial charge in [-0.25, -0.2) is 0 Å². The van der Waals surface area contributed by atoms with Gasteiger partial charge in [0.25, 0.3) is 0 Å². The minimum atomic E-state index is -0.306. The summed E-state index contributed by atoms with van der Waals surface area (Å²) in [6, 6.07) is 9.80. The molecule has 1 aromatic carbocycles. The van der Waals surface area contributed by atoms with Gasteiger partial charge in [-0.2, -0.15) is 0 Å². The van der Waals surface area contributed by atoms with Crippen molar-refractivity contribution in [2.75, 3.05) is 19.1 Å². The molecule has 1 saturated heterocycles. The number of ether oxygens (including phenoxy) is 1. The monoisotopic (exact) mass is 281 g/mol. The zero-order valence-corrected chi connectivity index (χ0v) is 12.0. The lowest BCUT2D eigenvalue weighted by atomic mass is 9.90. The van der Waals surface area contributed by atoms with Crippen molar-refractivity contribution in [1.82, 2.24) is 5.32 Å². The van der Waals surface area contributed by atoms with E-state index >= 15 is 0 Å². The maximum absolute atomic E-state index is 12.4. The van der Waals surface area contributed by atoms with Crippen molar-refractivity contribution in [2.45, 2.75) is 31.2 Å². The fourth-order valence-corrected chi connectivity index (χ4v) is 2.65. The van der Waals surface area contributed by atoms with Crippen LogP contribution in [-0.2, 0) is 9.53 Å². The van der Waals surface area contributed by atoms with Gasteiger partial charge in [0.05, 0.1) is 11.5 Å². The lowest BCUT2D eigenvalue weighted by Gasteiger charge is -2.37. The van der Waals surface area contributed by atoms with E-state index in [9.17, 15) is 4.79 Å². The molecule has 0 saturated carbocycles. The number of carbonyl (C=O) groups is 1. The number of benzene rings is 1. The highest BCUT2D eigenvalue weighted by Crippen LogP contribution is 2.24. The molecule has 1 aliphatic heterocycles. The Balaban J connectivity index is 2.03. The van der Waals surface area contributed by atoms with E-state index in [1.807, 2.05) is 37.3 Å². The van der Waals surface area contributed by atoms with Gasteiger partial charge in [0.15, 0.2) is 0 Å². The van der Waals surface area contributed by atoms with E-state index in [2.05, 4.69) is 5.32 Å². The highest BCUT2D eigenvalue weighted by molar-refractivity contribution is 6.18. The van der Waals surface area contributed by atoms with Crippen LogP contribution in [-0.4, -0.2) is 30.5 Å². The van der Waals surface area contributed by atoms with Crippen molar-refractivity contribution in [2.24, 2.45) is 0 Å². The number of rotatable bonds is 4. The Kier molecular flexibility index (Phi) is 4.83. The molecule has 4 heteroatoms. The summed E-state index contributed by atoms with van der Waals surface area (Å²) in [5.74, 6) is 0.307. The molecule has 0 bridgehead atoms. The Bertz CT molecular complexity index is 415. The molecular formula is C15H20ClNO2. The smallest absolute Gasteiger partial charge is 0.227 e. The number of carbonyl (C=O) groups excluding carboxylic acids is 1. The minimum absolute atomic E-state index is 0.0359. The van der Waals surface area contributed by atoms with Gasteiger partial charge in [-0.15, -0.1) is 11.6 Å². The third kappa shape index (κ3) is 3.48. The van der Waals surface area contributed by atoms with Crippen LogP contribution in [0.15, 0.2) is 30.3 Å². The Morgan fingerprint density at radius 3 is 2.58 bits per heavy atom. The molecule has 3 nitrogen and oxygen atoms in total. The molecule has 19 heavy (non-hydrogen) atoms. The first-order valence-electron chi connectivity index (χ1n) is 6.67. The quantitative estimate of drug-likeness (QED) is 0.862. The van der Waals surface area contributed by atoms with Gasteiger partial charge in [0, 0.05) is 19.1 Å². The first kappa shape index (κ1) is 14.4. The van der Waals surface area contributed by atoms with E-state index in [-0.39, 0.29) is 17.4 Å². The van der Waals surface area contributed by atoms with Gasteiger partial charge in [-0.3, -0.25) is 4.79 Å². The van der Waals surface area contributed by atoms with Gasteiger partial charge in [-0.1, -0.05) is 30.3 Å². The molecule has 104 valence electrons. The first-order valence-corrected chi connectivity index (χ1v) is 7.21. The number of halogens is 1. The molecule has 0 spiro atoms. The van der Waals surface area contributed by atoms with Crippen LogP contribution < -0.4 is 5.32 Å². The molecule has 1 fully saturated rings. The lowest BCUT2D eigenvalue weighted by molar-refractivity contribution is -0.125. The van der Waals surface area contributed by atoms with Crippen LogP contribution in [0.1, 0.15) is 31.2 Å². The molecule has 2 rings (SSSR count). The first-order chi connectivity index (χ1) is 9.17. The van der Waals surface area contributed by atoms with Crippen LogP contribution in [0, 0.1) is 0 Å². The maximum Gasteiger partial charge on any atom is 0.227 e. The summed E-state index contributed by atoms with van der Waals surface area (Å²) >= 11 is 6.06. The lowest BCUT2D eigenvalue weighted by Crippen LogP contribution is -2.54. The summed E-state index contributed by atoms with van der Waals surface area (Å²) in [4.78, 5) is 12.4. The van der Waals surface area contributed by atoms with Crippen molar-refractivity contribution in [3.8, 4) is 0 Å². The minimum Gasteiger partial charge on any atom is -0.381 e. The standard InChI is InChI=1S/C15H20ClNO2/c1-12(13-5-3-2-4-6-13)14(18)17-15(11-16)7-9-19-10-8-15/h2-6,12H,7-11H2,1H3,(H,17,18). The number of amides is 1. The molecular weight excluding hydrogens is 262 g/mol. The highest BCUT2D eigenvalue weighted by Gasteiger charge is 2.34. The summed E-state index contributed by atoms with van der Waals surface area (Å²) in [5, 5.41) is 3.13. The number of hydrogen-bond donors (Lipinski definition) is 1. The average Bonchev–Trinajstić information content (AvgIpc) is 2.48. The molecule has 1 unspecified atom stereocenters. The second-order valence-corrected chi connectivity index (χ2v) is 5.42. The highest BCUT2D eigenvalue weighted by atomic mass is 35.5. The molecule has 1 aromatic rings. The molecule has 1 aliphatic rings. The van der Waals surface area contributed by atoms with Crippen molar-refractivity contribution < 1.29 is 9.53 Å². The number of hydrogen-bond acceptors (Lipinski definition) is 2. The Hall–Kier alpha value is -1.06. The number of alkyl halides is 1. The maximum atomic E-state index is 12.4. The third-order valence-electron chi connectivity index (χ3n) is 3.79. The third-order valence-corrected chi connectivity index (χ3v) is 4.30. The van der Waals surface area contributed by atoms with Crippen molar-refractivity contribution in [3.63, 3.8) is 0 Å². The van der Waals surface area contributed by atoms with Crippen molar-refractivity contribution in [3.05, 3.63) is 35.9 Å². The van der Waals surface area contributed by atoms with Crippen LogP contribution in [0.4, 0.5) is 0 Å². The van der Waals surface area contributed by atoms with Crippen LogP contribution >= 0.6 is 11.6 Å². The van der Waals surface area contributed by atoms with E-state index in [0.717, 1.165) is 18.4 Å². The van der Waals surface area contributed by atoms with E-state index in [1.165, 1.54) is 0 Å². The van der Waals surface area contributed by atoms with Crippen LogP contribution in [0.3, 0.4) is 0 Å². The van der Waals surface area contributed by atoms with E-state index in [4.69, 9.17) is 16.3 Å². The zero-order valence-electron chi connectivity index (χ0n) is 11.2. The largest absolute Gasteiger partial charge is 0.381 e. The second kappa shape index (κ2) is 6.40. The van der Waals surface area contributed by atoms with Gasteiger partial charge in [0.2, 0.25) is 5.91 Å². The van der Waals surface area contributed by atoms with Crippen molar-refractivity contribution >= 4 is 17.5 Å². The summed E-state index contributed by atoms with van der Waals surface area (Å²) in [6.07, 6.45) is 1.56. The number of nitrogens with one attached hydrogen (secondary N) is 1. The second-order valence-electron chi connectivity index (χ2n) is 5.15. The van der Waals surface area contributed by atoms with E-state index in [0.29, 0.717) is 19.1 Å². The van der Waals surface area contributed by atoms with Crippen molar-refractivity contribution in [1.29, 1.82) is 0 Å². The molecule has 0 aromatic heterocycles. The summed E-state index contributed by atoms with van der Waals surface area (Å²) < 4.78 is 5.34. The van der Waals surface area contributed by atoms with Gasteiger partial charge < -0.3 is 10.1 Å². The topological polar surface area (TPSA) is 38.3 Å². The molecule has 1 amide bonds. The molecule has 0 radical (unpaired) electrons. The molecule has 1 N–H and O–H groups in total. The summed E-state index contributed by atoms with van der Waals surface area (Å²) in [7, 11) is 0. The van der Waals surface area contributed by atoms with Gasteiger partial charge in [0.1, 0.15) is 0 Å². The Labute approximate surface area is 119 Å². The SMILES string of the molecule is CC(C(=O)NC1(CCl)CCOCC1)c1ccccc1. The zero-order chi connectivity index (χ0) is 13.7. The normalized spacial score (nSPS) is 19.7. The average molecular weight is 282 g/mol. The molecule has 1 heterocycles. The summed E-state index contributed by atoms with van der Waals surface area (Å²) in [5.41, 5.74) is 0.719. The fourth-order valence-electron chi connectivity index (χ4n) is 2.32. The van der Waals surface area contributed by atoms with E-state index in [1.54, 1.807) is 0 Å². The Morgan fingerprint density at radius 1 is 1.37 bits per heavy atom.